The molecule has 5 nitrogen and oxygen atoms in total. The highest BCUT2D eigenvalue weighted by molar-refractivity contribution is 14.0. The Balaban J connectivity index is 0.00000242. The number of unbranched alkanes of at least 4 members (excludes halogenated alkanes) is 1. The van der Waals surface area contributed by atoms with E-state index in [1.165, 1.54) is 17.8 Å². The van der Waals surface area contributed by atoms with E-state index in [9.17, 15) is 0 Å². The SMILES string of the molecule is CN=C(NCCCCN1CCOCC1)NCc1cccs1.I. The number of hydrogen-bond acceptors (Lipinski definition) is 4. The van der Waals surface area contributed by atoms with Crippen LogP contribution in [0.25, 0.3) is 0 Å². The first kappa shape index (κ1) is 19.7. The van der Waals surface area contributed by atoms with Crippen molar-refractivity contribution in [2.75, 3.05) is 46.4 Å². The van der Waals surface area contributed by atoms with Gasteiger partial charge in [0.2, 0.25) is 0 Å². The molecule has 0 spiro atoms. The molecule has 2 N–H and O–H groups in total. The maximum Gasteiger partial charge on any atom is 0.191 e. The van der Waals surface area contributed by atoms with E-state index < -0.39 is 0 Å². The second-order valence-electron chi connectivity index (χ2n) is 5.09. The molecule has 2 rings (SSSR count). The van der Waals surface area contributed by atoms with Crippen molar-refractivity contribution < 1.29 is 4.74 Å². The Labute approximate surface area is 154 Å². The maximum absolute atomic E-state index is 5.35. The molecule has 22 heavy (non-hydrogen) atoms. The van der Waals surface area contributed by atoms with E-state index in [1.54, 1.807) is 11.3 Å². The van der Waals surface area contributed by atoms with E-state index in [0.29, 0.717) is 0 Å². The fraction of sp³-hybridized carbons (Fsp3) is 0.667. The second kappa shape index (κ2) is 12.1. The van der Waals surface area contributed by atoms with Crippen LogP contribution in [0, 0.1) is 0 Å². The molecule has 126 valence electrons. The average molecular weight is 438 g/mol. The van der Waals surface area contributed by atoms with Crippen molar-refractivity contribution in [3.05, 3.63) is 22.4 Å². The van der Waals surface area contributed by atoms with E-state index >= 15 is 0 Å². The van der Waals surface area contributed by atoms with Crippen LogP contribution in [0.15, 0.2) is 22.5 Å². The Hall–Kier alpha value is -0.380. The molecule has 7 heteroatoms. The van der Waals surface area contributed by atoms with Crippen LogP contribution < -0.4 is 10.6 Å². The molecule has 0 amide bonds. The highest BCUT2D eigenvalue weighted by atomic mass is 127. The van der Waals surface area contributed by atoms with Gasteiger partial charge in [-0.3, -0.25) is 9.89 Å². The summed E-state index contributed by atoms with van der Waals surface area (Å²) >= 11 is 1.76. The largest absolute Gasteiger partial charge is 0.379 e. The van der Waals surface area contributed by atoms with Crippen LogP contribution in [0.3, 0.4) is 0 Å². The van der Waals surface area contributed by atoms with Crippen LogP contribution in [0.4, 0.5) is 0 Å². The first-order chi connectivity index (χ1) is 10.4. The van der Waals surface area contributed by atoms with Gasteiger partial charge in [0.05, 0.1) is 19.8 Å². The molecule has 0 saturated carbocycles. The molecule has 0 radical (unpaired) electrons. The zero-order valence-electron chi connectivity index (χ0n) is 13.2. The van der Waals surface area contributed by atoms with Crippen LogP contribution >= 0.6 is 35.3 Å². The lowest BCUT2D eigenvalue weighted by molar-refractivity contribution is 0.0372. The summed E-state index contributed by atoms with van der Waals surface area (Å²) in [6, 6.07) is 4.21. The molecule has 0 aromatic carbocycles. The number of halogens is 1. The predicted octanol–water partition coefficient (Wildman–Crippen LogP) is 2.14. The second-order valence-corrected chi connectivity index (χ2v) is 6.13. The minimum Gasteiger partial charge on any atom is -0.379 e. The first-order valence-electron chi connectivity index (χ1n) is 7.65. The molecule has 1 aliphatic heterocycles. The number of thiophene rings is 1. The van der Waals surface area contributed by atoms with Gasteiger partial charge in [-0.05, 0) is 30.8 Å². The molecule has 1 saturated heterocycles. The minimum absolute atomic E-state index is 0. The summed E-state index contributed by atoms with van der Waals surface area (Å²) in [4.78, 5) is 8.05. The highest BCUT2D eigenvalue weighted by Gasteiger charge is 2.08. The summed E-state index contributed by atoms with van der Waals surface area (Å²) in [6.07, 6.45) is 2.38. The molecule has 0 bridgehead atoms. The fourth-order valence-corrected chi connectivity index (χ4v) is 2.94. The summed E-state index contributed by atoms with van der Waals surface area (Å²) in [7, 11) is 1.82. The quantitative estimate of drug-likeness (QED) is 0.297. The Morgan fingerprint density at radius 1 is 1.32 bits per heavy atom. The fourth-order valence-electron chi connectivity index (χ4n) is 2.30. The van der Waals surface area contributed by atoms with Crippen molar-refractivity contribution in [2.45, 2.75) is 19.4 Å². The third-order valence-electron chi connectivity index (χ3n) is 3.53. The van der Waals surface area contributed by atoms with Crippen LogP contribution in [0.5, 0.6) is 0 Å². The van der Waals surface area contributed by atoms with Crippen molar-refractivity contribution >= 4 is 41.3 Å². The lowest BCUT2D eigenvalue weighted by atomic mass is 10.3. The number of morpholine rings is 1. The monoisotopic (exact) mass is 438 g/mol. The topological polar surface area (TPSA) is 48.9 Å². The Kier molecular flexibility index (Phi) is 10.8. The van der Waals surface area contributed by atoms with Gasteiger partial charge in [0.25, 0.3) is 0 Å². The number of nitrogens with one attached hydrogen (secondary N) is 2. The normalized spacial score (nSPS) is 16.1. The van der Waals surface area contributed by atoms with Crippen LogP contribution in [0.1, 0.15) is 17.7 Å². The highest BCUT2D eigenvalue weighted by Crippen LogP contribution is 2.07. The van der Waals surface area contributed by atoms with E-state index in [2.05, 4.69) is 38.0 Å². The summed E-state index contributed by atoms with van der Waals surface area (Å²) in [5.74, 6) is 0.884. The van der Waals surface area contributed by atoms with Gasteiger partial charge >= 0.3 is 0 Å². The van der Waals surface area contributed by atoms with Gasteiger partial charge in [-0.15, -0.1) is 35.3 Å². The zero-order chi connectivity index (χ0) is 14.8. The Morgan fingerprint density at radius 2 is 2.14 bits per heavy atom. The van der Waals surface area contributed by atoms with Crippen LogP contribution in [-0.2, 0) is 11.3 Å². The van der Waals surface area contributed by atoms with E-state index in [1.807, 2.05) is 7.05 Å². The van der Waals surface area contributed by atoms with Gasteiger partial charge in [0.15, 0.2) is 5.96 Å². The lowest BCUT2D eigenvalue weighted by Gasteiger charge is -2.26. The Morgan fingerprint density at radius 3 is 2.82 bits per heavy atom. The number of ether oxygens (including phenoxy) is 1. The van der Waals surface area contributed by atoms with Gasteiger partial charge < -0.3 is 15.4 Å². The number of rotatable bonds is 7. The van der Waals surface area contributed by atoms with Gasteiger partial charge in [-0.1, -0.05) is 6.07 Å². The van der Waals surface area contributed by atoms with Crippen molar-refractivity contribution in [3.63, 3.8) is 0 Å². The lowest BCUT2D eigenvalue weighted by Crippen LogP contribution is -2.38. The van der Waals surface area contributed by atoms with E-state index in [4.69, 9.17) is 4.74 Å². The van der Waals surface area contributed by atoms with Crippen molar-refractivity contribution in [3.8, 4) is 0 Å². The minimum atomic E-state index is 0. The third kappa shape index (κ3) is 7.75. The van der Waals surface area contributed by atoms with Crippen molar-refractivity contribution in [1.29, 1.82) is 0 Å². The van der Waals surface area contributed by atoms with Crippen LogP contribution in [-0.4, -0.2) is 57.3 Å². The smallest absolute Gasteiger partial charge is 0.191 e. The molecule has 1 aromatic heterocycles. The third-order valence-corrected chi connectivity index (χ3v) is 4.41. The summed E-state index contributed by atoms with van der Waals surface area (Å²) < 4.78 is 5.35. The zero-order valence-corrected chi connectivity index (χ0v) is 16.4. The van der Waals surface area contributed by atoms with Crippen molar-refractivity contribution in [2.24, 2.45) is 4.99 Å². The molecule has 1 aliphatic rings. The Bertz CT molecular complexity index is 408. The van der Waals surface area contributed by atoms with E-state index in [-0.39, 0.29) is 24.0 Å². The molecule has 1 fully saturated rings. The molecular formula is C15H27IN4OS. The molecule has 0 unspecified atom stereocenters. The number of nitrogens with zero attached hydrogens (tertiary/aromatic N) is 2. The first-order valence-corrected chi connectivity index (χ1v) is 8.53. The molecule has 0 atom stereocenters. The number of guanidine groups is 1. The van der Waals surface area contributed by atoms with Gasteiger partial charge in [0, 0.05) is 31.6 Å². The molecular weight excluding hydrogens is 411 g/mol. The number of aliphatic imine (C=N–C) groups is 1. The van der Waals surface area contributed by atoms with Crippen molar-refractivity contribution in [1.82, 2.24) is 15.5 Å². The summed E-state index contributed by atoms with van der Waals surface area (Å²) in [5, 5.41) is 8.80. The van der Waals surface area contributed by atoms with Gasteiger partial charge in [-0.25, -0.2) is 0 Å². The van der Waals surface area contributed by atoms with E-state index in [0.717, 1.165) is 51.8 Å². The summed E-state index contributed by atoms with van der Waals surface area (Å²) in [5.41, 5.74) is 0. The van der Waals surface area contributed by atoms with Gasteiger partial charge in [-0.2, -0.15) is 0 Å². The molecule has 1 aromatic rings. The average Bonchev–Trinajstić information content (AvgIpc) is 3.04. The van der Waals surface area contributed by atoms with Gasteiger partial charge in [0.1, 0.15) is 0 Å². The molecule has 2 heterocycles. The summed E-state index contributed by atoms with van der Waals surface area (Å²) in [6.45, 7) is 6.91. The predicted molar refractivity (Wildman–Crippen MR) is 104 cm³/mol. The maximum atomic E-state index is 5.35. The number of hydrogen-bond donors (Lipinski definition) is 2. The standard InChI is InChI=1S/C15H26N4OS.HI/c1-16-15(18-13-14-5-4-12-21-14)17-6-2-3-7-19-8-10-20-11-9-19;/h4-5,12H,2-3,6-11,13H2,1H3,(H2,16,17,18);1H. The van der Waals surface area contributed by atoms with Crippen LogP contribution in [0.2, 0.25) is 0 Å². The molecule has 0 aliphatic carbocycles.